The second-order valence-corrected chi connectivity index (χ2v) is 7.65. The van der Waals surface area contributed by atoms with Gasteiger partial charge in [0.1, 0.15) is 0 Å². The van der Waals surface area contributed by atoms with Crippen LogP contribution in [0.1, 0.15) is 26.7 Å². The first-order chi connectivity index (χ1) is 11.4. The van der Waals surface area contributed by atoms with Gasteiger partial charge in [-0.1, -0.05) is 15.9 Å². The van der Waals surface area contributed by atoms with E-state index in [0.29, 0.717) is 13.2 Å². The van der Waals surface area contributed by atoms with Gasteiger partial charge in [-0.25, -0.2) is 0 Å². The third-order valence-electron chi connectivity index (χ3n) is 4.19. The summed E-state index contributed by atoms with van der Waals surface area (Å²) in [6.45, 7) is 5.45. The number of piperidine rings is 1. The number of likely N-dealkylation sites (tertiary alicyclic amines) is 1. The second kappa shape index (κ2) is 8.97. The summed E-state index contributed by atoms with van der Waals surface area (Å²) in [4.78, 5) is 26.5. The molecule has 1 saturated heterocycles. The molecule has 0 spiro atoms. The van der Waals surface area contributed by atoms with Crippen LogP contribution < -0.4 is 5.32 Å². The lowest BCUT2D eigenvalue weighted by molar-refractivity contribution is -0.150. The van der Waals surface area contributed by atoms with Crippen LogP contribution in [0.3, 0.4) is 0 Å². The summed E-state index contributed by atoms with van der Waals surface area (Å²) >= 11 is 6.84. The summed E-state index contributed by atoms with van der Waals surface area (Å²) in [6.07, 6.45) is 1.71. The van der Waals surface area contributed by atoms with Crippen molar-refractivity contribution < 1.29 is 14.3 Å². The Kier molecular flexibility index (Phi) is 7.25. The van der Waals surface area contributed by atoms with Crippen LogP contribution in [0.15, 0.2) is 27.1 Å². The second-order valence-electron chi connectivity index (χ2n) is 5.88. The summed E-state index contributed by atoms with van der Waals surface area (Å²) in [5.74, 6) is -0.388. The highest BCUT2D eigenvalue weighted by Gasteiger charge is 2.31. The van der Waals surface area contributed by atoms with E-state index in [9.17, 15) is 9.59 Å². The molecule has 2 rings (SSSR count). The van der Waals surface area contributed by atoms with Gasteiger partial charge >= 0.3 is 5.97 Å². The number of halogens is 2. The molecule has 1 aromatic carbocycles. The Labute approximate surface area is 159 Å². The third kappa shape index (κ3) is 5.04. The van der Waals surface area contributed by atoms with Crippen molar-refractivity contribution in [2.75, 3.05) is 25.0 Å². The molecule has 0 radical (unpaired) electrons. The lowest BCUT2D eigenvalue weighted by Crippen LogP contribution is -2.48. The number of hydrogen-bond donors (Lipinski definition) is 1. The Balaban J connectivity index is 1.98. The molecular formula is C17H22Br2N2O3. The van der Waals surface area contributed by atoms with Gasteiger partial charge in [-0.2, -0.15) is 0 Å². The first-order valence-electron chi connectivity index (χ1n) is 8.09. The molecule has 1 aliphatic heterocycles. The van der Waals surface area contributed by atoms with Crippen LogP contribution in [0.2, 0.25) is 0 Å². The van der Waals surface area contributed by atoms with Crippen LogP contribution in [0.5, 0.6) is 0 Å². The molecule has 5 nitrogen and oxygen atoms in total. The lowest BCUT2D eigenvalue weighted by Gasteiger charge is -2.35. The Bertz CT molecular complexity index is 609. The number of benzene rings is 1. The minimum absolute atomic E-state index is 0.0810. The molecule has 1 amide bonds. The van der Waals surface area contributed by atoms with Crippen LogP contribution in [0.25, 0.3) is 0 Å². The lowest BCUT2D eigenvalue weighted by atomic mass is 9.97. The average molecular weight is 462 g/mol. The Hall–Kier alpha value is -0.920. The maximum Gasteiger partial charge on any atom is 0.310 e. The summed E-state index contributed by atoms with van der Waals surface area (Å²) < 4.78 is 6.87. The fourth-order valence-corrected chi connectivity index (χ4v) is 3.95. The molecule has 0 aliphatic carbocycles. The summed E-state index contributed by atoms with van der Waals surface area (Å²) in [6, 6.07) is 5.30. The Morgan fingerprint density at radius 1 is 1.42 bits per heavy atom. The molecule has 0 bridgehead atoms. The topological polar surface area (TPSA) is 58.6 Å². The third-order valence-corrected chi connectivity index (χ3v) is 5.34. The average Bonchev–Trinajstić information content (AvgIpc) is 2.57. The predicted octanol–water partition coefficient (Wildman–Crippen LogP) is 3.81. The highest BCUT2D eigenvalue weighted by atomic mass is 79.9. The van der Waals surface area contributed by atoms with E-state index in [2.05, 4.69) is 37.2 Å². The zero-order valence-corrected chi connectivity index (χ0v) is 17.0. The van der Waals surface area contributed by atoms with Gasteiger partial charge in [-0.05, 0) is 67.4 Å². The predicted molar refractivity (Wildman–Crippen MR) is 101 cm³/mol. The molecule has 2 atom stereocenters. The number of amides is 1. The van der Waals surface area contributed by atoms with Crippen LogP contribution in [-0.4, -0.2) is 42.5 Å². The van der Waals surface area contributed by atoms with E-state index in [-0.39, 0.29) is 23.8 Å². The number of nitrogens with zero attached hydrogens (tertiary/aromatic N) is 1. The summed E-state index contributed by atoms with van der Waals surface area (Å²) in [5.41, 5.74) is 0.731. The van der Waals surface area contributed by atoms with E-state index in [0.717, 1.165) is 34.0 Å². The fraction of sp³-hybridized carbons (Fsp3) is 0.529. The highest BCUT2D eigenvalue weighted by Crippen LogP contribution is 2.27. The zero-order chi connectivity index (χ0) is 17.7. The summed E-state index contributed by atoms with van der Waals surface area (Å²) in [5, 5.41) is 2.94. The molecule has 1 fully saturated rings. The number of carbonyl (C=O) groups excluding carboxylic acids is 2. The van der Waals surface area contributed by atoms with Gasteiger partial charge in [0.2, 0.25) is 5.91 Å². The number of carbonyl (C=O) groups is 2. The van der Waals surface area contributed by atoms with Gasteiger partial charge in [0, 0.05) is 15.5 Å². The van der Waals surface area contributed by atoms with Crippen LogP contribution in [0, 0.1) is 5.92 Å². The maximum atomic E-state index is 12.5. The quantitative estimate of drug-likeness (QED) is 0.677. The number of hydrogen-bond acceptors (Lipinski definition) is 4. The molecule has 1 heterocycles. The maximum absolute atomic E-state index is 12.5. The zero-order valence-electron chi connectivity index (χ0n) is 13.9. The minimum atomic E-state index is -0.308. The molecule has 0 aromatic heterocycles. The van der Waals surface area contributed by atoms with Crippen molar-refractivity contribution in [3.63, 3.8) is 0 Å². The summed E-state index contributed by atoms with van der Waals surface area (Å²) in [7, 11) is 0. The highest BCUT2D eigenvalue weighted by molar-refractivity contribution is 9.11. The number of nitrogens with one attached hydrogen (secondary N) is 1. The number of ether oxygens (including phenoxy) is 1. The van der Waals surface area contributed by atoms with Crippen molar-refractivity contribution in [3.05, 3.63) is 27.1 Å². The first kappa shape index (κ1) is 19.4. The van der Waals surface area contributed by atoms with Crippen molar-refractivity contribution in [3.8, 4) is 0 Å². The van der Waals surface area contributed by atoms with Crippen LogP contribution in [-0.2, 0) is 14.3 Å². The van der Waals surface area contributed by atoms with Crippen molar-refractivity contribution in [2.45, 2.75) is 32.7 Å². The Morgan fingerprint density at radius 2 is 2.17 bits per heavy atom. The molecule has 0 saturated carbocycles. The van der Waals surface area contributed by atoms with E-state index < -0.39 is 0 Å². The van der Waals surface area contributed by atoms with E-state index in [4.69, 9.17) is 4.74 Å². The van der Waals surface area contributed by atoms with E-state index in [1.54, 1.807) is 0 Å². The molecule has 132 valence electrons. The van der Waals surface area contributed by atoms with E-state index in [1.807, 2.05) is 36.9 Å². The van der Waals surface area contributed by atoms with Gasteiger partial charge in [0.25, 0.3) is 0 Å². The molecule has 1 aliphatic rings. The molecule has 24 heavy (non-hydrogen) atoms. The SMILES string of the molecule is CCOC(=O)C1CCCN(C(C)C(=O)Nc2ccc(Br)cc2Br)C1. The van der Waals surface area contributed by atoms with Crippen molar-refractivity contribution in [1.82, 2.24) is 4.90 Å². The number of anilines is 1. The normalized spacial score (nSPS) is 19.6. The van der Waals surface area contributed by atoms with Crippen molar-refractivity contribution in [2.24, 2.45) is 5.92 Å². The molecule has 2 unspecified atom stereocenters. The van der Waals surface area contributed by atoms with Crippen molar-refractivity contribution in [1.29, 1.82) is 0 Å². The van der Waals surface area contributed by atoms with Crippen LogP contribution >= 0.6 is 31.9 Å². The molecule has 1 aromatic rings. The Morgan fingerprint density at radius 3 is 2.83 bits per heavy atom. The fourth-order valence-electron chi connectivity index (χ4n) is 2.80. The number of esters is 1. The van der Waals surface area contributed by atoms with Gasteiger partial charge in [0.15, 0.2) is 0 Å². The molecular weight excluding hydrogens is 440 g/mol. The molecule has 1 N–H and O–H groups in total. The largest absolute Gasteiger partial charge is 0.466 e. The molecule has 7 heteroatoms. The van der Waals surface area contributed by atoms with Gasteiger partial charge in [-0.15, -0.1) is 0 Å². The van der Waals surface area contributed by atoms with Crippen molar-refractivity contribution >= 4 is 49.4 Å². The number of rotatable bonds is 5. The minimum Gasteiger partial charge on any atom is -0.466 e. The van der Waals surface area contributed by atoms with Gasteiger partial charge in [-0.3, -0.25) is 14.5 Å². The standard InChI is InChI=1S/C17H22Br2N2O3/c1-3-24-17(23)12-5-4-8-21(10-12)11(2)16(22)20-15-7-6-13(18)9-14(15)19/h6-7,9,11-12H,3-5,8,10H2,1-2H3,(H,20,22). The van der Waals surface area contributed by atoms with Gasteiger partial charge in [0.05, 0.1) is 24.3 Å². The van der Waals surface area contributed by atoms with E-state index in [1.165, 1.54) is 0 Å². The van der Waals surface area contributed by atoms with E-state index >= 15 is 0 Å². The van der Waals surface area contributed by atoms with Gasteiger partial charge < -0.3 is 10.1 Å². The first-order valence-corrected chi connectivity index (χ1v) is 9.67. The smallest absolute Gasteiger partial charge is 0.310 e. The van der Waals surface area contributed by atoms with Crippen LogP contribution in [0.4, 0.5) is 5.69 Å². The monoisotopic (exact) mass is 460 g/mol.